The summed E-state index contributed by atoms with van der Waals surface area (Å²) < 4.78 is 6.06. The van der Waals surface area contributed by atoms with Gasteiger partial charge in [-0.3, -0.25) is 4.79 Å². The number of para-hydroxylation sites is 1. The Morgan fingerprint density at radius 2 is 1.96 bits per heavy atom. The van der Waals surface area contributed by atoms with E-state index in [1.165, 1.54) is 0 Å². The number of rotatable bonds is 2. The lowest BCUT2D eigenvalue weighted by Gasteiger charge is -2.38. The Morgan fingerprint density at radius 1 is 1.22 bits per heavy atom. The molecule has 1 saturated carbocycles. The smallest absolute Gasteiger partial charge is 0.224 e. The number of fused-ring (bicyclic) bond motifs is 1. The fourth-order valence-electron chi connectivity index (χ4n) is 4.40. The molecule has 1 spiro atoms. The van der Waals surface area contributed by atoms with Gasteiger partial charge in [-0.1, -0.05) is 18.2 Å². The van der Waals surface area contributed by atoms with E-state index in [1.807, 2.05) is 18.2 Å². The van der Waals surface area contributed by atoms with Gasteiger partial charge in [-0.25, -0.2) is 0 Å². The molecule has 2 aliphatic heterocycles. The molecule has 0 bridgehead atoms. The third-order valence-electron chi connectivity index (χ3n) is 5.80. The van der Waals surface area contributed by atoms with E-state index >= 15 is 0 Å². The van der Waals surface area contributed by atoms with Crippen LogP contribution in [0.5, 0.6) is 5.75 Å². The Balaban J connectivity index is 1.49. The Hall–Kier alpha value is -1.55. The van der Waals surface area contributed by atoms with Crippen molar-refractivity contribution in [3.05, 3.63) is 29.8 Å². The largest absolute Gasteiger partial charge is 0.487 e. The van der Waals surface area contributed by atoms with Crippen LogP contribution < -0.4 is 15.4 Å². The van der Waals surface area contributed by atoms with E-state index in [0.29, 0.717) is 0 Å². The van der Waals surface area contributed by atoms with Gasteiger partial charge in [0.15, 0.2) is 0 Å². The first-order valence-electron chi connectivity index (χ1n) is 8.78. The maximum absolute atomic E-state index is 12.8. The summed E-state index contributed by atoms with van der Waals surface area (Å²) in [7, 11) is 0. The molecule has 2 atom stereocenters. The molecule has 23 heavy (non-hydrogen) atoms. The van der Waals surface area contributed by atoms with Crippen LogP contribution in [0, 0.1) is 11.3 Å². The average molecular weight is 314 g/mol. The lowest BCUT2D eigenvalue weighted by molar-refractivity contribution is -0.124. The minimum Gasteiger partial charge on any atom is -0.487 e. The highest BCUT2D eigenvalue weighted by Gasteiger charge is 2.58. The van der Waals surface area contributed by atoms with Crippen LogP contribution in [0.4, 0.5) is 0 Å². The van der Waals surface area contributed by atoms with E-state index in [1.54, 1.807) is 0 Å². The molecule has 0 radical (unpaired) electrons. The summed E-state index contributed by atoms with van der Waals surface area (Å²) in [5, 5.41) is 6.72. The summed E-state index contributed by atoms with van der Waals surface area (Å²) in [4.78, 5) is 12.8. The molecule has 124 valence electrons. The topological polar surface area (TPSA) is 50.4 Å². The van der Waals surface area contributed by atoms with Crippen LogP contribution in [0.15, 0.2) is 24.3 Å². The highest BCUT2D eigenvalue weighted by atomic mass is 16.5. The first-order valence-corrected chi connectivity index (χ1v) is 8.78. The van der Waals surface area contributed by atoms with Crippen molar-refractivity contribution in [1.29, 1.82) is 0 Å². The lowest BCUT2D eigenvalue weighted by atomic mass is 9.88. The van der Waals surface area contributed by atoms with Gasteiger partial charge in [-0.2, -0.15) is 0 Å². The third kappa shape index (κ3) is 2.74. The molecule has 1 amide bonds. The summed E-state index contributed by atoms with van der Waals surface area (Å²) in [5.74, 6) is 1.36. The van der Waals surface area contributed by atoms with Gasteiger partial charge in [0.2, 0.25) is 5.91 Å². The summed E-state index contributed by atoms with van der Waals surface area (Å²) in [6, 6.07) is 8.14. The fraction of sp³-hybridized carbons (Fsp3) is 0.632. The number of piperidine rings is 1. The predicted octanol–water partition coefficient (Wildman–Crippen LogP) is 2.79. The van der Waals surface area contributed by atoms with Crippen LogP contribution in [0.25, 0.3) is 0 Å². The Kier molecular flexibility index (Phi) is 3.41. The second-order valence-electron chi connectivity index (χ2n) is 8.03. The van der Waals surface area contributed by atoms with Crippen LogP contribution in [0.2, 0.25) is 0 Å². The molecule has 2 unspecified atom stereocenters. The first kappa shape index (κ1) is 15.0. The molecule has 4 rings (SSSR count). The summed E-state index contributed by atoms with van der Waals surface area (Å²) in [6.07, 6.45) is 4.16. The molecule has 0 aromatic heterocycles. The van der Waals surface area contributed by atoms with E-state index in [2.05, 4.69) is 30.5 Å². The highest BCUT2D eigenvalue weighted by molar-refractivity contribution is 5.83. The molecule has 2 fully saturated rings. The third-order valence-corrected chi connectivity index (χ3v) is 5.80. The van der Waals surface area contributed by atoms with Gasteiger partial charge in [0.25, 0.3) is 0 Å². The van der Waals surface area contributed by atoms with Crippen LogP contribution in [-0.2, 0) is 4.79 Å². The standard InChI is InChI=1S/C19H26N2O2/c1-18(2)12-15(13-5-3-4-6-16(13)23-18)21-17(22)14-11-19(14)7-9-20-10-8-19/h3-6,14-15,20H,7-12H2,1-2H3,(H,21,22). The van der Waals surface area contributed by atoms with Crippen molar-refractivity contribution in [2.45, 2.75) is 51.2 Å². The molecule has 2 heterocycles. The summed E-state index contributed by atoms with van der Waals surface area (Å²) >= 11 is 0. The summed E-state index contributed by atoms with van der Waals surface area (Å²) in [6.45, 7) is 6.29. The SMILES string of the molecule is CC1(C)CC(NC(=O)C2CC23CCNCC3)c2ccccc2O1. The normalized spacial score (nSPS) is 30.2. The van der Waals surface area contributed by atoms with Crippen molar-refractivity contribution in [1.82, 2.24) is 10.6 Å². The lowest BCUT2D eigenvalue weighted by Crippen LogP contribution is -2.42. The van der Waals surface area contributed by atoms with E-state index in [4.69, 9.17) is 4.74 Å². The van der Waals surface area contributed by atoms with Crippen molar-refractivity contribution >= 4 is 5.91 Å². The van der Waals surface area contributed by atoms with Crippen LogP contribution >= 0.6 is 0 Å². The number of nitrogens with one attached hydrogen (secondary N) is 2. The molecular formula is C19H26N2O2. The highest BCUT2D eigenvalue weighted by Crippen LogP contribution is 2.58. The molecule has 3 aliphatic rings. The number of benzene rings is 1. The average Bonchev–Trinajstić information content (AvgIpc) is 3.20. The van der Waals surface area contributed by atoms with Crippen molar-refractivity contribution in [3.63, 3.8) is 0 Å². The van der Waals surface area contributed by atoms with Crippen molar-refractivity contribution in [2.75, 3.05) is 13.1 Å². The van der Waals surface area contributed by atoms with Crippen LogP contribution in [0.3, 0.4) is 0 Å². The Bertz CT molecular complexity index is 620. The number of amides is 1. The maximum Gasteiger partial charge on any atom is 0.224 e. The summed E-state index contributed by atoms with van der Waals surface area (Å²) in [5.41, 5.74) is 1.15. The molecule has 2 N–H and O–H groups in total. The van der Waals surface area contributed by atoms with Gasteiger partial charge in [-0.15, -0.1) is 0 Å². The Labute approximate surface area is 138 Å². The minimum absolute atomic E-state index is 0.0572. The van der Waals surface area contributed by atoms with Gasteiger partial charge < -0.3 is 15.4 Å². The predicted molar refractivity (Wildman–Crippen MR) is 89.3 cm³/mol. The van der Waals surface area contributed by atoms with Crippen molar-refractivity contribution < 1.29 is 9.53 Å². The number of ether oxygens (including phenoxy) is 1. The second-order valence-corrected chi connectivity index (χ2v) is 8.03. The van der Waals surface area contributed by atoms with Crippen LogP contribution in [-0.4, -0.2) is 24.6 Å². The number of carbonyl (C=O) groups excluding carboxylic acids is 1. The number of hydrogen-bond acceptors (Lipinski definition) is 3. The van der Waals surface area contributed by atoms with Gasteiger partial charge in [0, 0.05) is 17.9 Å². The quantitative estimate of drug-likeness (QED) is 0.882. The molecule has 1 aliphatic carbocycles. The maximum atomic E-state index is 12.8. The van der Waals surface area contributed by atoms with E-state index < -0.39 is 0 Å². The zero-order chi connectivity index (χ0) is 16.1. The van der Waals surface area contributed by atoms with Gasteiger partial charge in [0.1, 0.15) is 11.4 Å². The van der Waals surface area contributed by atoms with E-state index in [9.17, 15) is 4.79 Å². The van der Waals surface area contributed by atoms with E-state index in [-0.39, 0.29) is 28.9 Å². The van der Waals surface area contributed by atoms with Gasteiger partial charge in [0.05, 0.1) is 6.04 Å². The molecule has 4 heteroatoms. The molecule has 4 nitrogen and oxygen atoms in total. The van der Waals surface area contributed by atoms with Crippen molar-refractivity contribution in [2.24, 2.45) is 11.3 Å². The minimum atomic E-state index is -0.248. The fourth-order valence-corrected chi connectivity index (χ4v) is 4.40. The second kappa shape index (κ2) is 5.23. The first-order chi connectivity index (χ1) is 11.0. The van der Waals surface area contributed by atoms with Gasteiger partial charge in [-0.05, 0) is 57.7 Å². The van der Waals surface area contributed by atoms with Crippen molar-refractivity contribution in [3.8, 4) is 5.75 Å². The molecule has 1 saturated heterocycles. The Morgan fingerprint density at radius 3 is 2.74 bits per heavy atom. The monoisotopic (exact) mass is 314 g/mol. The molecule has 1 aromatic carbocycles. The molecular weight excluding hydrogens is 288 g/mol. The molecule has 1 aromatic rings. The van der Waals surface area contributed by atoms with Crippen LogP contribution in [0.1, 0.15) is 51.1 Å². The zero-order valence-corrected chi connectivity index (χ0v) is 14.0. The van der Waals surface area contributed by atoms with E-state index in [0.717, 1.165) is 50.1 Å². The number of hydrogen-bond donors (Lipinski definition) is 2. The zero-order valence-electron chi connectivity index (χ0n) is 14.0. The van der Waals surface area contributed by atoms with Gasteiger partial charge >= 0.3 is 0 Å². The number of carbonyl (C=O) groups is 1.